The van der Waals surface area contributed by atoms with Gasteiger partial charge in [-0.05, 0) is 32.4 Å². The lowest BCUT2D eigenvalue weighted by Gasteiger charge is -2.03. The molecule has 0 aliphatic carbocycles. The number of aryl methyl sites for hydroxylation is 3. The summed E-state index contributed by atoms with van der Waals surface area (Å²) in [5.74, 6) is -0.837. The van der Waals surface area contributed by atoms with Crippen LogP contribution in [-0.4, -0.2) is 16.1 Å². The van der Waals surface area contributed by atoms with E-state index in [0.29, 0.717) is 5.69 Å². The lowest BCUT2D eigenvalue weighted by atomic mass is 10.1. The van der Waals surface area contributed by atoms with Crippen LogP contribution in [0.5, 0.6) is 0 Å². The summed E-state index contributed by atoms with van der Waals surface area (Å²) in [7, 11) is 0. The standard InChI is InChI=1S/C14H15NO2S/c1-8-4-5-9(2)11(6-8)14-15-12(7-13(16)17)10(3)18-14/h4-6H,7H2,1-3H3,(H,16,17). The predicted octanol–water partition coefficient (Wildman–Crippen LogP) is 3.36. The first kappa shape index (κ1) is 12.8. The smallest absolute Gasteiger partial charge is 0.309 e. The maximum atomic E-state index is 10.8. The number of aliphatic carboxylic acids is 1. The molecular weight excluding hydrogens is 246 g/mol. The Hall–Kier alpha value is -1.68. The quantitative estimate of drug-likeness (QED) is 0.921. The average Bonchev–Trinajstić information content (AvgIpc) is 2.63. The van der Waals surface area contributed by atoms with Gasteiger partial charge in [-0.25, -0.2) is 4.98 Å². The summed E-state index contributed by atoms with van der Waals surface area (Å²) in [5, 5.41) is 9.74. The molecular formula is C14H15NO2S. The van der Waals surface area contributed by atoms with E-state index in [1.54, 1.807) is 11.3 Å². The number of carboxylic acids is 1. The molecule has 0 unspecified atom stereocenters. The first-order chi connectivity index (χ1) is 8.47. The van der Waals surface area contributed by atoms with Crippen molar-refractivity contribution >= 4 is 17.3 Å². The molecule has 0 atom stereocenters. The Morgan fingerprint density at radius 1 is 1.33 bits per heavy atom. The molecule has 1 heterocycles. The van der Waals surface area contributed by atoms with E-state index in [9.17, 15) is 4.79 Å². The van der Waals surface area contributed by atoms with Gasteiger partial charge in [0.2, 0.25) is 0 Å². The van der Waals surface area contributed by atoms with Gasteiger partial charge in [-0.3, -0.25) is 4.79 Å². The lowest BCUT2D eigenvalue weighted by molar-refractivity contribution is -0.136. The molecule has 2 aromatic rings. The molecule has 3 nitrogen and oxygen atoms in total. The second-order valence-corrected chi connectivity index (χ2v) is 5.61. The Labute approximate surface area is 110 Å². The highest BCUT2D eigenvalue weighted by Crippen LogP contribution is 2.30. The van der Waals surface area contributed by atoms with Crippen LogP contribution in [0.15, 0.2) is 18.2 Å². The molecule has 0 amide bonds. The summed E-state index contributed by atoms with van der Waals surface area (Å²) in [6, 6.07) is 6.23. The highest BCUT2D eigenvalue weighted by atomic mass is 32.1. The van der Waals surface area contributed by atoms with Crippen LogP contribution in [0.1, 0.15) is 21.7 Å². The second kappa shape index (κ2) is 4.90. The Morgan fingerprint density at radius 2 is 2.06 bits per heavy atom. The van der Waals surface area contributed by atoms with Gasteiger partial charge >= 0.3 is 5.97 Å². The number of hydrogen-bond donors (Lipinski definition) is 1. The fourth-order valence-electron chi connectivity index (χ4n) is 1.82. The van der Waals surface area contributed by atoms with Gasteiger partial charge < -0.3 is 5.11 Å². The van der Waals surface area contributed by atoms with E-state index < -0.39 is 5.97 Å². The van der Waals surface area contributed by atoms with E-state index in [-0.39, 0.29) is 6.42 Å². The minimum Gasteiger partial charge on any atom is -0.481 e. The molecule has 1 aromatic heterocycles. The fourth-order valence-corrected chi connectivity index (χ4v) is 2.83. The van der Waals surface area contributed by atoms with Crippen LogP contribution in [0, 0.1) is 20.8 Å². The molecule has 4 heteroatoms. The lowest BCUT2D eigenvalue weighted by Crippen LogP contribution is -2.01. The number of benzene rings is 1. The average molecular weight is 261 g/mol. The van der Waals surface area contributed by atoms with Gasteiger partial charge in [0, 0.05) is 10.4 Å². The topological polar surface area (TPSA) is 50.2 Å². The second-order valence-electron chi connectivity index (χ2n) is 4.41. The Balaban J connectivity index is 2.45. The van der Waals surface area contributed by atoms with Crippen molar-refractivity contribution in [2.24, 2.45) is 0 Å². The molecule has 0 aliphatic rings. The van der Waals surface area contributed by atoms with E-state index in [1.807, 2.05) is 20.8 Å². The molecule has 1 aromatic carbocycles. The van der Waals surface area contributed by atoms with Gasteiger partial charge in [0.05, 0.1) is 12.1 Å². The normalized spacial score (nSPS) is 10.6. The maximum absolute atomic E-state index is 10.8. The zero-order chi connectivity index (χ0) is 13.3. The number of carbonyl (C=O) groups is 1. The van der Waals surface area contributed by atoms with E-state index in [1.165, 1.54) is 5.56 Å². The predicted molar refractivity (Wildman–Crippen MR) is 73.1 cm³/mol. The van der Waals surface area contributed by atoms with Crippen molar-refractivity contribution in [2.75, 3.05) is 0 Å². The van der Waals surface area contributed by atoms with E-state index in [2.05, 4.69) is 23.2 Å². The van der Waals surface area contributed by atoms with Crippen LogP contribution in [-0.2, 0) is 11.2 Å². The molecule has 0 spiro atoms. The molecule has 0 fully saturated rings. The van der Waals surface area contributed by atoms with Crippen LogP contribution in [0.25, 0.3) is 10.6 Å². The first-order valence-corrected chi connectivity index (χ1v) is 6.54. The number of hydrogen-bond acceptors (Lipinski definition) is 3. The molecule has 94 valence electrons. The minimum absolute atomic E-state index is 0.00675. The van der Waals surface area contributed by atoms with Crippen LogP contribution < -0.4 is 0 Å². The van der Waals surface area contributed by atoms with Crippen molar-refractivity contribution in [2.45, 2.75) is 27.2 Å². The monoisotopic (exact) mass is 261 g/mol. The molecule has 0 bridgehead atoms. The number of rotatable bonds is 3. The number of nitrogens with zero attached hydrogens (tertiary/aromatic N) is 1. The highest BCUT2D eigenvalue weighted by molar-refractivity contribution is 7.15. The van der Waals surface area contributed by atoms with E-state index >= 15 is 0 Å². The van der Waals surface area contributed by atoms with Crippen molar-refractivity contribution in [1.82, 2.24) is 4.98 Å². The largest absolute Gasteiger partial charge is 0.481 e. The van der Waals surface area contributed by atoms with E-state index in [4.69, 9.17) is 5.11 Å². The van der Waals surface area contributed by atoms with Crippen molar-refractivity contribution < 1.29 is 9.90 Å². The van der Waals surface area contributed by atoms with Crippen LogP contribution in [0.4, 0.5) is 0 Å². The third kappa shape index (κ3) is 2.59. The number of thiazole rings is 1. The molecule has 0 radical (unpaired) electrons. The maximum Gasteiger partial charge on any atom is 0.309 e. The first-order valence-electron chi connectivity index (χ1n) is 5.73. The van der Waals surface area contributed by atoms with Gasteiger partial charge in [0.1, 0.15) is 5.01 Å². The van der Waals surface area contributed by atoms with Gasteiger partial charge in [-0.2, -0.15) is 0 Å². The Morgan fingerprint density at radius 3 is 2.72 bits per heavy atom. The van der Waals surface area contributed by atoms with Gasteiger partial charge in [-0.15, -0.1) is 11.3 Å². The summed E-state index contributed by atoms with van der Waals surface area (Å²) in [4.78, 5) is 16.2. The van der Waals surface area contributed by atoms with Crippen molar-refractivity contribution in [1.29, 1.82) is 0 Å². The summed E-state index contributed by atoms with van der Waals surface area (Å²) in [6.45, 7) is 6.01. The SMILES string of the molecule is Cc1ccc(C)c(-c2nc(CC(=O)O)c(C)s2)c1. The minimum atomic E-state index is -0.837. The van der Waals surface area contributed by atoms with Gasteiger partial charge in [0.15, 0.2) is 0 Å². The fraction of sp³-hybridized carbons (Fsp3) is 0.286. The molecule has 0 saturated carbocycles. The van der Waals surface area contributed by atoms with Crippen molar-refractivity contribution in [3.63, 3.8) is 0 Å². The Bertz CT molecular complexity index is 602. The zero-order valence-corrected chi connectivity index (χ0v) is 11.5. The van der Waals surface area contributed by atoms with Crippen molar-refractivity contribution in [3.05, 3.63) is 39.9 Å². The van der Waals surface area contributed by atoms with Crippen LogP contribution in [0.2, 0.25) is 0 Å². The zero-order valence-electron chi connectivity index (χ0n) is 10.7. The van der Waals surface area contributed by atoms with Crippen LogP contribution >= 0.6 is 11.3 Å². The molecule has 0 aliphatic heterocycles. The van der Waals surface area contributed by atoms with E-state index in [0.717, 1.165) is 21.0 Å². The summed E-state index contributed by atoms with van der Waals surface area (Å²) >= 11 is 1.56. The van der Waals surface area contributed by atoms with Gasteiger partial charge in [0.25, 0.3) is 0 Å². The number of aromatic nitrogens is 1. The molecule has 0 saturated heterocycles. The molecule has 2 rings (SSSR count). The number of carboxylic acid groups (broad SMARTS) is 1. The molecule has 1 N–H and O–H groups in total. The molecule has 18 heavy (non-hydrogen) atoms. The highest BCUT2D eigenvalue weighted by Gasteiger charge is 2.13. The van der Waals surface area contributed by atoms with Gasteiger partial charge in [-0.1, -0.05) is 17.7 Å². The summed E-state index contributed by atoms with van der Waals surface area (Å²) in [5.41, 5.74) is 4.11. The van der Waals surface area contributed by atoms with Crippen molar-refractivity contribution in [3.8, 4) is 10.6 Å². The summed E-state index contributed by atoms with van der Waals surface area (Å²) < 4.78 is 0. The Kier molecular flexibility index (Phi) is 3.48. The summed E-state index contributed by atoms with van der Waals surface area (Å²) in [6.07, 6.45) is -0.00675. The third-order valence-corrected chi connectivity index (χ3v) is 3.88. The van der Waals surface area contributed by atoms with Crippen LogP contribution in [0.3, 0.4) is 0 Å². The third-order valence-electron chi connectivity index (χ3n) is 2.83.